The zero-order valence-corrected chi connectivity index (χ0v) is 14.9. The first kappa shape index (κ1) is 15.7. The summed E-state index contributed by atoms with van der Waals surface area (Å²) in [4.78, 5) is 24.0. The summed E-state index contributed by atoms with van der Waals surface area (Å²) in [7, 11) is 0. The van der Waals surface area contributed by atoms with Crippen LogP contribution in [0, 0.1) is 34.5 Å². The maximum atomic E-state index is 12.1. The zero-order chi connectivity index (χ0) is 16.4. The molecule has 23 heavy (non-hydrogen) atoms. The number of rotatable bonds is 1. The number of ketones is 1. The molecule has 3 saturated carbocycles. The lowest BCUT2D eigenvalue weighted by Gasteiger charge is -2.60. The SMILES string of the molecule is CC(=O)[C@H]1CC[C@H]2[C@@H]3CC[C@@H]4NC(=O)CC[C@]4(C)[C@H]3CC[C@]12C. The molecule has 4 rings (SSSR count). The first-order valence-corrected chi connectivity index (χ1v) is 9.66. The van der Waals surface area contributed by atoms with Gasteiger partial charge in [0.2, 0.25) is 5.91 Å². The van der Waals surface area contributed by atoms with E-state index < -0.39 is 0 Å². The third kappa shape index (κ3) is 2.07. The number of hydrogen-bond donors (Lipinski definition) is 1. The van der Waals surface area contributed by atoms with Crippen molar-refractivity contribution in [2.45, 2.75) is 78.2 Å². The van der Waals surface area contributed by atoms with Gasteiger partial charge in [-0.1, -0.05) is 13.8 Å². The standard InChI is InChI=1S/C20H31NO2/c1-12(22)14-5-6-15-13-4-7-17-20(3,11-9-18(23)21-17)16(13)8-10-19(14,15)2/h13-17H,4-11H2,1-3H3,(H,21,23)/t13-,14+,15-,16-,17-,19+,20+/m0/s1. The van der Waals surface area contributed by atoms with E-state index in [1.54, 1.807) is 6.92 Å². The van der Waals surface area contributed by atoms with Gasteiger partial charge in [-0.05, 0) is 80.5 Å². The van der Waals surface area contributed by atoms with Crippen molar-refractivity contribution >= 4 is 11.7 Å². The predicted molar refractivity (Wildman–Crippen MR) is 89.7 cm³/mol. The fraction of sp³-hybridized carbons (Fsp3) is 0.900. The minimum absolute atomic E-state index is 0.244. The molecule has 0 unspecified atom stereocenters. The number of nitrogens with one attached hydrogen (secondary N) is 1. The maximum Gasteiger partial charge on any atom is 0.220 e. The van der Waals surface area contributed by atoms with E-state index in [9.17, 15) is 9.59 Å². The summed E-state index contributed by atoms with van der Waals surface area (Å²) in [5.41, 5.74) is 0.528. The van der Waals surface area contributed by atoms with Gasteiger partial charge in [-0.15, -0.1) is 0 Å². The van der Waals surface area contributed by atoms with Gasteiger partial charge < -0.3 is 5.32 Å². The van der Waals surface area contributed by atoms with Crippen LogP contribution in [0.5, 0.6) is 0 Å². The van der Waals surface area contributed by atoms with Crippen molar-refractivity contribution in [2.24, 2.45) is 34.5 Å². The third-order valence-corrected chi connectivity index (χ3v) is 8.59. The van der Waals surface area contributed by atoms with E-state index in [2.05, 4.69) is 19.2 Å². The van der Waals surface area contributed by atoms with Gasteiger partial charge in [-0.2, -0.15) is 0 Å². The molecule has 3 heteroatoms. The molecular formula is C20H31NO2. The summed E-state index contributed by atoms with van der Waals surface area (Å²) in [5, 5.41) is 3.30. The predicted octanol–water partition coefficient (Wildman–Crippen LogP) is 3.71. The summed E-state index contributed by atoms with van der Waals surface area (Å²) in [6.07, 6.45) is 8.96. The minimum Gasteiger partial charge on any atom is -0.353 e. The van der Waals surface area contributed by atoms with Gasteiger partial charge in [-0.25, -0.2) is 0 Å². The van der Waals surface area contributed by atoms with Crippen molar-refractivity contribution in [1.82, 2.24) is 5.32 Å². The molecule has 1 aliphatic heterocycles. The number of fused-ring (bicyclic) bond motifs is 5. The highest BCUT2D eigenvalue weighted by molar-refractivity contribution is 5.79. The lowest BCUT2D eigenvalue weighted by Crippen LogP contribution is -2.61. The van der Waals surface area contributed by atoms with Gasteiger partial charge in [0.1, 0.15) is 5.78 Å². The van der Waals surface area contributed by atoms with Crippen LogP contribution in [0.25, 0.3) is 0 Å². The van der Waals surface area contributed by atoms with E-state index in [4.69, 9.17) is 0 Å². The number of amides is 1. The lowest BCUT2D eigenvalue weighted by molar-refractivity contribution is -0.140. The molecule has 0 spiro atoms. The Balaban J connectivity index is 1.63. The van der Waals surface area contributed by atoms with Crippen molar-refractivity contribution < 1.29 is 9.59 Å². The van der Waals surface area contributed by atoms with Crippen molar-refractivity contribution in [3.8, 4) is 0 Å². The van der Waals surface area contributed by atoms with E-state index in [0.717, 1.165) is 37.0 Å². The Morgan fingerprint density at radius 3 is 2.48 bits per heavy atom. The molecule has 4 fully saturated rings. The molecule has 3 aliphatic carbocycles. The van der Waals surface area contributed by atoms with Gasteiger partial charge in [0.15, 0.2) is 0 Å². The van der Waals surface area contributed by atoms with Crippen LogP contribution < -0.4 is 5.32 Å². The second kappa shape index (κ2) is 5.07. The number of hydrogen-bond acceptors (Lipinski definition) is 2. The van der Waals surface area contributed by atoms with Gasteiger partial charge in [0.25, 0.3) is 0 Å². The van der Waals surface area contributed by atoms with Crippen molar-refractivity contribution in [3.05, 3.63) is 0 Å². The van der Waals surface area contributed by atoms with Crippen LogP contribution in [-0.2, 0) is 9.59 Å². The van der Waals surface area contributed by atoms with Crippen LogP contribution in [0.1, 0.15) is 72.1 Å². The van der Waals surface area contributed by atoms with E-state index in [0.29, 0.717) is 24.2 Å². The molecule has 0 radical (unpaired) electrons. The fourth-order valence-electron chi connectivity index (χ4n) is 7.37. The first-order valence-electron chi connectivity index (χ1n) is 9.66. The van der Waals surface area contributed by atoms with Crippen LogP contribution in [0.2, 0.25) is 0 Å². The summed E-state index contributed by atoms with van der Waals surface area (Å²) < 4.78 is 0. The lowest BCUT2D eigenvalue weighted by atomic mass is 9.47. The highest BCUT2D eigenvalue weighted by Gasteiger charge is 2.60. The Hall–Kier alpha value is -0.860. The fourth-order valence-corrected chi connectivity index (χ4v) is 7.37. The smallest absolute Gasteiger partial charge is 0.220 e. The van der Waals surface area contributed by atoms with Crippen molar-refractivity contribution in [2.75, 3.05) is 0 Å². The van der Waals surface area contributed by atoms with E-state index in [-0.39, 0.29) is 16.7 Å². The molecule has 1 saturated heterocycles. The molecule has 1 amide bonds. The Labute approximate surface area is 140 Å². The number of carbonyl (C=O) groups excluding carboxylic acids is 2. The van der Waals surface area contributed by atoms with Crippen LogP contribution in [-0.4, -0.2) is 17.7 Å². The van der Waals surface area contributed by atoms with Crippen LogP contribution in [0.3, 0.4) is 0 Å². The average Bonchev–Trinajstić information content (AvgIpc) is 2.85. The van der Waals surface area contributed by atoms with E-state index >= 15 is 0 Å². The quantitative estimate of drug-likeness (QED) is 0.801. The van der Waals surface area contributed by atoms with Crippen molar-refractivity contribution in [3.63, 3.8) is 0 Å². The Morgan fingerprint density at radius 1 is 1.00 bits per heavy atom. The largest absolute Gasteiger partial charge is 0.353 e. The van der Waals surface area contributed by atoms with Gasteiger partial charge in [0.05, 0.1) is 0 Å². The molecule has 0 bridgehead atoms. The molecule has 0 aromatic heterocycles. The van der Waals surface area contributed by atoms with Crippen LogP contribution in [0.15, 0.2) is 0 Å². The molecule has 0 aromatic rings. The maximum absolute atomic E-state index is 12.1. The Morgan fingerprint density at radius 2 is 1.74 bits per heavy atom. The van der Waals surface area contributed by atoms with Crippen LogP contribution >= 0.6 is 0 Å². The van der Waals surface area contributed by atoms with Gasteiger partial charge >= 0.3 is 0 Å². The minimum atomic E-state index is 0.244. The van der Waals surface area contributed by atoms with Crippen molar-refractivity contribution in [1.29, 1.82) is 0 Å². The normalized spacial score (nSPS) is 52.1. The molecule has 7 atom stereocenters. The second-order valence-electron chi connectivity index (χ2n) is 9.37. The molecular weight excluding hydrogens is 286 g/mol. The molecule has 128 valence electrons. The number of piperidine rings is 1. The third-order valence-electron chi connectivity index (χ3n) is 8.59. The Kier molecular flexibility index (Phi) is 3.45. The Bertz CT molecular complexity index is 544. The highest BCUT2D eigenvalue weighted by Crippen LogP contribution is 2.65. The van der Waals surface area contributed by atoms with Gasteiger partial charge in [-0.3, -0.25) is 9.59 Å². The molecule has 0 aromatic carbocycles. The number of carbonyl (C=O) groups is 2. The summed E-state index contributed by atoms with van der Waals surface area (Å²) >= 11 is 0. The zero-order valence-electron chi connectivity index (χ0n) is 14.9. The average molecular weight is 317 g/mol. The monoisotopic (exact) mass is 317 g/mol. The number of Topliss-reactive ketones (excluding diaryl/α,β-unsaturated/α-hetero) is 1. The van der Waals surface area contributed by atoms with Crippen LogP contribution in [0.4, 0.5) is 0 Å². The molecule has 1 heterocycles. The molecule has 1 N–H and O–H groups in total. The molecule has 3 nitrogen and oxygen atoms in total. The summed E-state index contributed by atoms with van der Waals surface area (Å²) in [5.74, 6) is 3.21. The summed E-state index contributed by atoms with van der Waals surface area (Å²) in [6.45, 7) is 6.65. The second-order valence-corrected chi connectivity index (χ2v) is 9.37. The van der Waals surface area contributed by atoms with Gasteiger partial charge in [0, 0.05) is 18.4 Å². The first-order chi connectivity index (χ1) is 10.9. The highest BCUT2D eigenvalue weighted by atomic mass is 16.1. The van der Waals surface area contributed by atoms with E-state index in [1.165, 1.54) is 25.7 Å². The topological polar surface area (TPSA) is 46.2 Å². The van der Waals surface area contributed by atoms with E-state index in [1.807, 2.05) is 0 Å². The molecule has 4 aliphatic rings. The summed E-state index contributed by atoms with van der Waals surface area (Å²) in [6, 6.07) is 0.388.